The second-order valence-electron chi connectivity index (χ2n) is 3.96. The molecule has 0 aliphatic heterocycles. The van der Waals surface area contributed by atoms with Gasteiger partial charge < -0.3 is 9.88 Å². The predicted molar refractivity (Wildman–Crippen MR) is 74.3 cm³/mol. The predicted octanol–water partition coefficient (Wildman–Crippen LogP) is 2.35. The topological polar surface area (TPSA) is 46.9 Å². The van der Waals surface area contributed by atoms with E-state index in [4.69, 9.17) is 0 Å². The third-order valence-corrected chi connectivity index (χ3v) is 3.33. The first-order valence-corrected chi connectivity index (χ1v) is 6.40. The van der Waals surface area contributed by atoms with Gasteiger partial charge in [-0.15, -0.1) is 0 Å². The smallest absolute Gasteiger partial charge is 0.176 e. The van der Waals surface area contributed by atoms with E-state index in [1.807, 2.05) is 35.9 Å². The summed E-state index contributed by atoms with van der Waals surface area (Å²) in [7, 11) is 1.76. The number of nitrogens with one attached hydrogen (secondary N) is 1. The Hall–Kier alpha value is -1.46. The number of benzene rings is 1. The second kappa shape index (κ2) is 5.46. The average molecular weight is 308 g/mol. The fraction of sp³-hybridized carbons (Fsp3) is 0.231. The second-order valence-corrected chi connectivity index (χ2v) is 4.82. The molecule has 0 aliphatic carbocycles. The molecule has 1 aromatic heterocycles. The van der Waals surface area contributed by atoms with E-state index >= 15 is 0 Å². The van der Waals surface area contributed by atoms with Crippen LogP contribution in [0.15, 0.2) is 35.1 Å². The molecule has 2 rings (SSSR count). The summed E-state index contributed by atoms with van der Waals surface area (Å²) >= 11 is 3.50. The van der Waals surface area contributed by atoms with Gasteiger partial charge in [-0.1, -0.05) is 0 Å². The molecule has 0 fully saturated rings. The van der Waals surface area contributed by atoms with Crippen LogP contribution in [-0.2, 0) is 0 Å². The summed E-state index contributed by atoms with van der Waals surface area (Å²) in [6.45, 7) is 2.28. The van der Waals surface area contributed by atoms with Crippen LogP contribution in [0.5, 0.6) is 0 Å². The van der Waals surface area contributed by atoms with Gasteiger partial charge in [-0.25, -0.2) is 4.98 Å². The van der Waals surface area contributed by atoms with E-state index in [0.717, 1.165) is 16.0 Å². The molecule has 1 N–H and O–H groups in total. The highest BCUT2D eigenvalue weighted by atomic mass is 79.9. The van der Waals surface area contributed by atoms with Crippen LogP contribution in [0, 0.1) is 6.92 Å². The molecule has 5 heteroatoms. The molecule has 0 bridgehead atoms. The standard InChI is InChI=1S/C13H14BrN3O/c1-9-16-5-6-17(9)12-4-3-10(7-11(12)14)13(18)8-15-2/h3-7,15H,8H2,1-2H3. The lowest BCUT2D eigenvalue weighted by Crippen LogP contribution is -2.18. The average Bonchev–Trinajstić information content (AvgIpc) is 2.75. The van der Waals surface area contributed by atoms with E-state index in [1.165, 1.54) is 0 Å². The van der Waals surface area contributed by atoms with Crippen LogP contribution >= 0.6 is 15.9 Å². The minimum atomic E-state index is 0.0760. The molecular weight excluding hydrogens is 294 g/mol. The van der Waals surface area contributed by atoms with E-state index in [-0.39, 0.29) is 5.78 Å². The van der Waals surface area contributed by atoms with Gasteiger partial charge in [0.15, 0.2) is 5.78 Å². The molecule has 0 aliphatic rings. The lowest BCUT2D eigenvalue weighted by Gasteiger charge is -2.09. The van der Waals surface area contributed by atoms with Gasteiger partial charge in [-0.2, -0.15) is 0 Å². The first-order valence-electron chi connectivity index (χ1n) is 5.61. The molecule has 4 nitrogen and oxygen atoms in total. The van der Waals surface area contributed by atoms with Crippen LogP contribution < -0.4 is 5.32 Å². The van der Waals surface area contributed by atoms with Crippen molar-refractivity contribution in [2.24, 2.45) is 0 Å². The van der Waals surface area contributed by atoms with Crippen LogP contribution in [-0.4, -0.2) is 28.9 Å². The Morgan fingerprint density at radius 2 is 2.28 bits per heavy atom. The maximum Gasteiger partial charge on any atom is 0.176 e. The van der Waals surface area contributed by atoms with E-state index in [2.05, 4.69) is 26.2 Å². The van der Waals surface area contributed by atoms with Gasteiger partial charge in [-0.05, 0) is 48.1 Å². The molecule has 2 aromatic rings. The van der Waals surface area contributed by atoms with E-state index in [9.17, 15) is 4.79 Å². The van der Waals surface area contributed by atoms with E-state index in [0.29, 0.717) is 12.1 Å². The molecule has 94 valence electrons. The molecule has 0 unspecified atom stereocenters. The van der Waals surface area contributed by atoms with Crippen LogP contribution in [0.4, 0.5) is 0 Å². The summed E-state index contributed by atoms with van der Waals surface area (Å²) in [6.07, 6.45) is 3.65. The monoisotopic (exact) mass is 307 g/mol. The van der Waals surface area contributed by atoms with Crippen molar-refractivity contribution in [3.8, 4) is 5.69 Å². The van der Waals surface area contributed by atoms with Crippen molar-refractivity contribution in [2.45, 2.75) is 6.92 Å². The SMILES string of the molecule is CNCC(=O)c1ccc(-n2ccnc2C)c(Br)c1. The number of aryl methyl sites for hydroxylation is 1. The highest BCUT2D eigenvalue weighted by Gasteiger charge is 2.09. The summed E-state index contributed by atoms with van der Waals surface area (Å²) in [6, 6.07) is 5.59. The number of rotatable bonds is 4. The Labute approximate surface area is 114 Å². The number of ketones is 1. The van der Waals surface area contributed by atoms with E-state index in [1.54, 1.807) is 13.2 Å². The first-order chi connectivity index (χ1) is 8.63. The minimum absolute atomic E-state index is 0.0760. The summed E-state index contributed by atoms with van der Waals surface area (Å²) in [5.41, 5.74) is 1.67. The highest BCUT2D eigenvalue weighted by Crippen LogP contribution is 2.23. The molecule has 0 saturated heterocycles. The highest BCUT2D eigenvalue weighted by molar-refractivity contribution is 9.10. The number of halogens is 1. The summed E-state index contributed by atoms with van der Waals surface area (Å²) < 4.78 is 2.85. The summed E-state index contributed by atoms with van der Waals surface area (Å²) in [4.78, 5) is 15.9. The zero-order chi connectivity index (χ0) is 13.1. The van der Waals surface area contributed by atoms with Crippen molar-refractivity contribution in [3.63, 3.8) is 0 Å². The van der Waals surface area contributed by atoms with Crippen LogP contribution in [0.1, 0.15) is 16.2 Å². The van der Waals surface area contributed by atoms with Gasteiger partial charge in [0.05, 0.1) is 12.2 Å². The third-order valence-electron chi connectivity index (χ3n) is 2.69. The number of carbonyl (C=O) groups excluding carboxylic acids is 1. The molecule has 1 aromatic carbocycles. The molecule has 1 heterocycles. The molecule has 18 heavy (non-hydrogen) atoms. The fourth-order valence-corrected chi connectivity index (χ4v) is 2.34. The van der Waals surface area contributed by atoms with Crippen LogP contribution in [0.3, 0.4) is 0 Å². The Kier molecular flexibility index (Phi) is 3.93. The number of Topliss-reactive ketones (excluding diaryl/α,β-unsaturated/α-hetero) is 1. The number of likely N-dealkylation sites (N-methyl/N-ethyl adjacent to an activating group) is 1. The normalized spacial score (nSPS) is 10.6. The molecule has 0 radical (unpaired) electrons. The maximum atomic E-state index is 11.8. The van der Waals surface area contributed by atoms with Gasteiger partial charge in [0, 0.05) is 22.4 Å². The number of hydrogen-bond donors (Lipinski definition) is 1. The Balaban J connectivity index is 2.37. The molecular formula is C13H14BrN3O. The number of hydrogen-bond acceptors (Lipinski definition) is 3. The fourth-order valence-electron chi connectivity index (χ4n) is 1.77. The number of carbonyl (C=O) groups is 1. The van der Waals surface area contributed by atoms with Crippen molar-refractivity contribution in [1.29, 1.82) is 0 Å². The van der Waals surface area contributed by atoms with Gasteiger partial charge in [0.25, 0.3) is 0 Å². The number of imidazole rings is 1. The van der Waals surface area contributed by atoms with Gasteiger partial charge in [0.2, 0.25) is 0 Å². The summed E-state index contributed by atoms with van der Waals surface area (Å²) in [5.74, 6) is 0.983. The quantitative estimate of drug-likeness (QED) is 0.882. The van der Waals surface area contributed by atoms with E-state index < -0.39 is 0 Å². The molecule has 0 spiro atoms. The number of aromatic nitrogens is 2. The van der Waals surface area contributed by atoms with Crippen molar-refractivity contribution in [2.75, 3.05) is 13.6 Å². The zero-order valence-electron chi connectivity index (χ0n) is 10.3. The van der Waals surface area contributed by atoms with Gasteiger partial charge in [-0.3, -0.25) is 4.79 Å². The van der Waals surface area contributed by atoms with Crippen molar-refractivity contribution in [3.05, 3.63) is 46.5 Å². The van der Waals surface area contributed by atoms with Crippen LogP contribution in [0.25, 0.3) is 5.69 Å². The van der Waals surface area contributed by atoms with Crippen molar-refractivity contribution < 1.29 is 4.79 Å². The summed E-state index contributed by atoms with van der Waals surface area (Å²) in [5, 5.41) is 2.86. The Morgan fingerprint density at radius 3 is 2.83 bits per heavy atom. The largest absolute Gasteiger partial charge is 0.313 e. The lowest BCUT2D eigenvalue weighted by molar-refractivity contribution is 0.0993. The Bertz CT molecular complexity index is 577. The lowest BCUT2D eigenvalue weighted by atomic mass is 10.1. The molecule has 0 saturated carbocycles. The maximum absolute atomic E-state index is 11.8. The van der Waals surface area contributed by atoms with Gasteiger partial charge >= 0.3 is 0 Å². The number of nitrogens with zero attached hydrogens (tertiary/aromatic N) is 2. The Morgan fingerprint density at radius 1 is 1.50 bits per heavy atom. The van der Waals surface area contributed by atoms with Gasteiger partial charge in [0.1, 0.15) is 5.82 Å². The van der Waals surface area contributed by atoms with Crippen LogP contribution in [0.2, 0.25) is 0 Å². The molecule has 0 atom stereocenters. The van der Waals surface area contributed by atoms with Crippen molar-refractivity contribution >= 4 is 21.7 Å². The molecule has 0 amide bonds. The third kappa shape index (κ3) is 2.52. The first kappa shape index (κ1) is 13.0. The minimum Gasteiger partial charge on any atom is -0.313 e. The van der Waals surface area contributed by atoms with Crippen molar-refractivity contribution in [1.82, 2.24) is 14.9 Å². The zero-order valence-corrected chi connectivity index (χ0v) is 11.9.